The molecule has 0 aliphatic carbocycles. The largest absolute Gasteiger partial charge is 0.463 e. The van der Waals surface area contributed by atoms with Gasteiger partial charge in [-0.3, -0.25) is 4.72 Å². The maximum atomic E-state index is 12.8. The van der Waals surface area contributed by atoms with Gasteiger partial charge >= 0.3 is 18.1 Å². The second-order valence-electron chi connectivity index (χ2n) is 6.18. The topological polar surface area (TPSA) is 98.8 Å². The Hall–Kier alpha value is -2.79. The standard InChI is InChI=1S/C18H13ClF3NO6S/c19-14-5-4-12(9-13(14)16(24)29-15-6-7-28-17(15)25)30(26,27)23-11-3-1-2-10(8-11)18(20,21)22/h1-5,8-9,15,23H,6-7H2. The van der Waals surface area contributed by atoms with Crippen molar-refractivity contribution in [3.8, 4) is 0 Å². The first-order valence-electron chi connectivity index (χ1n) is 8.34. The number of sulfonamides is 1. The maximum Gasteiger partial charge on any atom is 0.416 e. The average molecular weight is 464 g/mol. The van der Waals surface area contributed by atoms with E-state index in [1.54, 1.807) is 0 Å². The van der Waals surface area contributed by atoms with Crippen molar-refractivity contribution in [2.24, 2.45) is 0 Å². The van der Waals surface area contributed by atoms with Gasteiger partial charge in [0.05, 0.1) is 27.7 Å². The number of cyclic esters (lactones) is 1. The van der Waals surface area contributed by atoms with E-state index in [2.05, 4.69) is 4.74 Å². The van der Waals surface area contributed by atoms with Gasteiger partial charge < -0.3 is 9.47 Å². The molecular weight excluding hydrogens is 451 g/mol. The van der Waals surface area contributed by atoms with E-state index < -0.39 is 44.7 Å². The Balaban J connectivity index is 1.85. The minimum absolute atomic E-state index is 0.0832. The Kier molecular flexibility index (Phi) is 5.95. The first kappa shape index (κ1) is 21.9. The quantitative estimate of drug-likeness (QED) is 0.680. The molecule has 0 radical (unpaired) electrons. The van der Waals surface area contributed by atoms with Gasteiger partial charge in [-0.15, -0.1) is 0 Å². The first-order valence-corrected chi connectivity index (χ1v) is 10.2. The van der Waals surface area contributed by atoms with Crippen molar-refractivity contribution in [3.05, 3.63) is 58.6 Å². The monoisotopic (exact) mass is 463 g/mol. The smallest absolute Gasteiger partial charge is 0.416 e. The van der Waals surface area contributed by atoms with Crippen LogP contribution in [-0.4, -0.2) is 33.1 Å². The first-order chi connectivity index (χ1) is 14.0. The number of halogens is 4. The van der Waals surface area contributed by atoms with Gasteiger partial charge in [0.15, 0.2) is 0 Å². The van der Waals surface area contributed by atoms with Crippen LogP contribution < -0.4 is 4.72 Å². The van der Waals surface area contributed by atoms with Gasteiger partial charge in [0.1, 0.15) is 0 Å². The lowest BCUT2D eigenvalue weighted by atomic mass is 10.2. The van der Waals surface area contributed by atoms with Crippen LogP contribution in [-0.2, 0) is 30.5 Å². The van der Waals surface area contributed by atoms with Gasteiger partial charge in [-0.05, 0) is 36.4 Å². The van der Waals surface area contributed by atoms with Crippen molar-refractivity contribution in [2.75, 3.05) is 11.3 Å². The van der Waals surface area contributed by atoms with E-state index in [1.807, 2.05) is 4.72 Å². The van der Waals surface area contributed by atoms with E-state index in [0.29, 0.717) is 6.07 Å². The minimum atomic E-state index is -4.65. The number of esters is 2. The molecule has 1 N–H and O–H groups in total. The molecule has 30 heavy (non-hydrogen) atoms. The molecule has 1 fully saturated rings. The van der Waals surface area contributed by atoms with E-state index in [9.17, 15) is 31.2 Å². The van der Waals surface area contributed by atoms with Crippen molar-refractivity contribution in [1.29, 1.82) is 0 Å². The molecule has 0 aromatic heterocycles. The van der Waals surface area contributed by atoms with Crippen LogP contribution in [0.15, 0.2) is 47.4 Å². The highest BCUT2D eigenvalue weighted by atomic mass is 35.5. The van der Waals surface area contributed by atoms with Crippen LogP contribution in [0.25, 0.3) is 0 Å². The van der Waals surface area contributed by atoms with Crippen LogP contribution in [0.1, 0.15) is 22.3 Å². The van der Waals surface area contributed by atoms with Crippen molar-refractivity contribution < 1.29 is 40.7 Å². The van der Waals surface area contributed by atoms with Crippen molar-refractivity contribution in [3.63, 3.8) is 0 Å². The molecule has 2 aromatic carbocycles. The molecular formula is C18H13ClF3NO6S. The maximum absolute atomic E-state index is 12.8. The number of hydrogen-bond acceptors (Lipinski definition) is 6. The van der Waals surface area contributed by atoms with E-state index in [0.717, 1.165) is 36.4 Å². The predicted molar refractivity (Wildman–Crippen MR) is 98.5 cm³/mol. The number of benzene rings is 2. The molecule has 12 heteroatoms. The molecule has 7 nitrogen and oxygen atoms in total. The second-order valence-corrected chi connectivity index (χ2v) is 8.27. The average Bonchev–Trinajstić information content (AvgIpc) is 3.05. The molecule has 1 atom stereocenters. The number of carbonyl (C=O) groups excluding carboxylic acids is 2. The molecule has 1 saturated heterocycles. The number of hydrogen-bond donors (Lipinski definition) is 1. The highest BCUT2D eigenvalue weighted by Gasteiger charge is 2.32. The van der Waals surface area contributed by atoms with E-state index >= 15 is 0 Å². The molecule has 0 spiro atoms. The zero-order chi connectivity index (χ0) is 22.1. The summed E-state index contributed by atoms with van der Waals surface area (Å²) in [6.45, 7) is 0.0832. The van der Waals surface area contributed by atoms with Gasteiger partial charge in [0, 0.05) is 12.1 Å². The third-order valence-electron chi connectivity index (χ3n) is 4.05. The molecule has 0 bridgehead atoms. The molecule has 0 saturated carbocycles. The minimum Gasteiger partial charge on any atom is -0.463 e. The predicted octanol–water partition coefficient (Wildman–Crippen LogP) is 3.63. The van der Waals surface area contributed by atoms with Crippen LogP contribution in [0.2, 0.25) is 5.02 Å². The zero-order valence-electron chi connectivity index (χ0n) is 14.9. The number of anilines is 1. The number of nitrogens with one attached hydrogen (secondary N) is 1. The molecule has 1 aliphatic rings. The zero-order valence-corrected chi connectivity index (χ0v) is 16.5. The Morgan fingerprint density at radius 2 is 1.93 bits per heavy atom. The van der Waals surface area contributed by atoms with Crippen LogP contribution in [0.4, 0.5) is 18.9 Å². The summed E-state index contributed by atoms with van der Waals surface area (Å²) in [5, 5.41) is -0.135. The Morgan fingerprint density at radius 1 is 1.20 bits per heavy atom. The molecule has 1 heterocycles. The highest BCUT2D eigenvalue weighted by molar-refractivity contribution is 7.92. The summed E-state index contributed by atoms with van der Waals surface area (Å²) in [5.74, 6) is -1.77. The van der Waals surface area contributed by atoms with Crippen LogP contribution in [0, 0.1) is 0 Å². The highest BCUT2D eigenvalue weighted by Crippen LogP contribution is 2.31. The lowest BCUT2D eigenvalue weighted by Gasteiger charge is -2.13. The van der Waals surface area contributed by atoms with E-state index in [1.165, 1.54) is 0 Å². The third-order valence-corrected chi connectivity index (χ3v) is 5.76. The molecule has 2 aromatic rings. The van der Waals surface area contributed by atoms with Crippen molar-refractivity contribution >= 4 is 39.3 Å². The SMILES string of the molecule is O=C(OC1CCOC1=O)c1cc(S(=O)(=O)Nc2cccc(C(F)(F)F)c2)ccc1Cl. The van der Waals surface area contributed by atoms with Crippen LogP contribution >= 0.6 is 11.6 Å². The third kappa shape index (κ3) is 4.85. The lowest BCUT2D eigenvalue weighted by Crippen LogP contribution is -2.23. The summed E-state index contributed by atoms with van der Waals surface area (Å²) in [5.41, 5.74) is -1.69. The fraction of sp³-hybridized carbons (Fsp3) is 0.222. The summed E-state index contributed by atoms with van der Waals surface area (Å²) < 4.78 is 75.3. The van der Waals surface area contributed by atoms with Crippen LogP contribution in [0.5, 0.6) is 0 Å². The van der Waals surface area contributed by atoms with Gasteiger partial charge in [0.25, 0.3) is 10.0 Å². The van der Waals surface area contributed by atoms with Crippen molar-refractivity contribution in [1.82, 2.24) is 0 Å². The second kappa shape index (κ2) is 8.15. The summed E-state index contributed by atoms with van der Waals surface area (Å²) in [7, 11) is -4.36. The molecule has 0 amide bonds. The normalized spacial score (nSPS) is 16.8. The van der Waals surface area contributed by atoms with Gasteiger partial charge in [-0.2, -0.15) is 13.2 Å². The number of carbonyl (C=O) groups is 2. The molecule has 160 valence electrons. The lowest BCUT2D eigenvalue weighted by molar-refractivity contribution is -0.145. The Bertz CT molecular complexity index is 1100. The van der Waals surface area contributed by atoms with Gasteiger partial charge in [-0.1, -0.05) is 17.7 Å². The molecule has 1 unspecified atom stereocenters. The Labute approximate surface area is 173 Å². The summed E-state index contributed by atoms with van der Waals surface area (Å²) in [4.78, 5) is 23.3. The fourth-order valence-electron chi connectivity index (χ4n) is 2.58. The molecule has 1 aliphatic heterocycles. The molecule has 3 rings (SSSR count). The Morgan fingerprint density at radius 3 is 2.57 bits per heavy atom. The summed E-state index contributed by atoms with van der Waals surface area (Å²) in [6, 6.07) is 6.71. The number of rotatable bonds is 5. The van der Waals surface area contributed by atoms with Gasteiger partial charge in [-0.25, -0.2) is 18.0 Å². The van der Waals surface area contributed by atoms with E-state index in [4.69, 9.17) is 16.3 Å². The summed E-state index contributed by atoms with van der Waals surface area (Å²) >= 11 is 5.94. The number of ether oxygens (including phenoxy) is 2. The van der Waals surface area contributed by atoms with Crippen molar-refractivity contribution in [2.45, 2.75) is 23.6 Å². The fourth-order valence-corrected chi connectivity index (χ4v) is 3.85. The van der Waals surface area contributed by atoms with Gasteiger partial charge in [0.2, 0.25) is 6.10 Å². The summed E-state index contributed by atoms with van der Waals surface area (Å²) in [6.07, 6.45) is -5.63. The van der Waals surface area contributed by atoms with E-state index in [-0.39, 0.29) is 29.3 Å². The van der Waals surface area contributed by atoms with Crippen LogP contribution in [0.3, 0.4) is 0 Å². The number of alkyl halides is 3.